The molecule has 0 saturated carbocycles. The van der Waals surface area contributed by atoms with E-state index in [1.54, 1.807) is 0 Å². The summed E-state index contributed by atoms with van der Waals surface area (Å²) in [5.74, 6) is 0.866. The van der Waals surface area contributed by atoms with E-state index in [0.717, 1.165) is 49.3 Å². The van der Waals surface area contributed by atoms with E-state index >= 15 is 0 Å². The highest BCUT2D eigenvalue weighted by atomic mass is 35.5. The molecular weight excluding hydrogens is 333 g/mol. The predicted molar refractivity (Wildman–Crippen MR) is 95.5 cm³/mol. The Morgan fingerprint density at radius 2 is 1.83 bits per heavy atom. The summed E-state index contributed by atoms with van der Waals surface area (Å²) in [5.41, 5.74) is 1.96. The van der Waals surface area contributed by atoms with Crippen molar-refractivity contribution in [2.75, 3.05) is 43.4 Å². The van der Waals surface area contributed by atoms with Crippen molar-refractivity contribution in [3.8, 4) is 0 Å². The maximum Gasteiger partial charge on any atom is 0.157 e. The van der Waals surface area contributed by atoms with Crippen LogP contribution in [0.15, 0.2) is 30.6 Å². The van der Waals surface area contributed by atoms with Crippen LogP contribution < -0.4 is 10.2 Å². The van der Waals surface area contributed by atoms with Crippen molar-refractivity contribution in [3.05, 3.63) is 46.3 Å². The van der Waals surface area contributed by atoms with E-state index in [2.05, 4.69) is 31.2 Å². The number of benzene rings is 1. The summed E-state index contributed by atoms with van der Waals surface area (Å²) in [7, 11) is 1.84. The fourth-order valence-electron chi connectivity index (χ4n) is 2.80. The third-order valence-electron chi connectivity index (χ3n) is 4.05. The molecule has 7 heteroatoms. The molecule has 0 radical (unpaired) electrons. The summed E-state index contributed by atoms with van der Waals surface area (Å²) in [6.07, 6.45) is 1.51. The molecule has 1 aromatic heterocycles. The van der Waals surface area contributed by atoms with Crippen LogP contribution in [0.25, 0.3) is 0 Å². The van der Waals surface area contributed by atoms with Crippen molar-refractivity contribution in [1.82, 2.24) is 14.9 Å². The quantitative estimate of drug-likeness (QED) is 0.857. The zero-order valence-corrected chi connectivity index (χ0v) is 14.5. The molecule has 1 aromatic carbocycles. The predicted octanol–water partition coefficient (Wildman–Crippen LogP) is 3.15. The Morgan fingerprint density at radius 3 is 2.52 bits per heavy atom. The van der Waals surface area contributed by atoms with Gasteiger partial charge in [0.25, 0.3) is 0 Å². The van der Waals surface area contributed by atoms with E-state index in [1.807, 2.05) is 25.2 Å². The van der Waals surface area contributed by atoms with E-state index in [9.17, 15) is 0 Å². The van der Waals surface area contributed by atoms with E-state index < -0.39 is 0 Å². The highest BCUT2D eigenvalue weighted by molar-refractivity contribution is 6.32. The monoisotopic (exact) mass is 351 g/mol. The smallest absolute Gasteiger partial charge is 0.157 e. The second-order valence-corrected chi connectivity index (χ2v) is 6.23. The first-order valence-electron chi connectivity index (χ1n) is 7.58. The first-order valence-corrected chi connectivity index (χ1v) is 8.33. The lowest BCUT2D eigenvalue weighted by molar-refractivity contribution is 0.249. The van der Waals surface area contributed by atoms with Crippen molar-refractivity contribution in [2.45, 2.75) is 6.54 Å². The maximum atomic E-state index is 6.25. The second kappa shape index (κ2) is 7.34. The minimum atomic E-state index is 0.455. The van der Waals surface area contributed by atoms with Crippen molar-refractivity contribution in [3.63, 3.8) is 0 Å². The van der Waals surface area contributed by atoms with Crippen LogP contribution in [0.2, 0.25) is 10.2 Å². The van der Waals surface area contributed by atoms with Crippen LogP contribution in [0.3, 0.4) is 0 Å². The van der Waals surface area contributed by atoms with Crippen LogP contribution in [-0.2, 0) is 6.54 Å². The van der Waals surface area contributed by atoms with Gasteiger partial charge < -0.3 is 10.2 Å². The molecule has 1 fully saturated rings. The Bertz CT molecular complexity index is 671. The number of piperazine rings is 1. The molecule has 1 saturated heterocycles. The number of nitrogens with zero attached hydrogens (tertiary/aromatic N) is 4. The van der Waals surface area contributed by atoms with Gasteiger partial charge in [0.2, 0.25) is 0 Å². The standard InChI is InChI=1S/C16H19Cl2N5/c1-19-14-15(18)20-11-21-16(14)23-8-6-22(7-9-23)10-12-4-2-3-5-13(12)17/h2-5,11,19H,6-10H2,1H3. The molecule has 5 nitrogen and oxygen atoms in total. The first kappa shape index (κ1) is 16.3. The molecule has 1 aliphatic heterocycles. The molecule has 2 heterocycles. The van der Waals surface area contributed by atoms with Gasteiger partial charge in [0.15, 0.2) is 11.0 Å². The van der Waals surface area contributed by atoms with Crippen LogP contribution in [0.5, 0.6) is 0 Å². The highest BCUT2D eigenvalue weighted by Gasteiger charge is 2.22. The number of hydrogen-bond donors (Lipinski definition) is 1. The van der Waals surface area contributed by atoms with Gasteiger partial charge in [0.05, 0.1) is 0 Å². The van der Waals surface area contributed by atoms with Crippen LogP contribution in [-0.4, -0.2) is 48.1 Å². The molecule has 0 aliphatic carbocycles. The average molecular weight is 352 g/mol. The molecule has 0 unspecified atom stereocenters. The SMILES string of the molecule is CNc1c(Cl)ncnc1N1CCN(Cc2ccccc2Cl)CC1. The Kier molecular flexibility index (Phi) is 5.20. The molecule has 0 amide bonds. The molecule has 1 N–H and O–H groups in total. The Labute approximate surface area is 146 Å². The van der Waals surface area contributed by atoms with Gasteiger partial charge in [0, 0.05) is 44.8 Å². The van der Waals surface area contributed by atoms with E-state index in [4.69, 9.17) is 23.2 Å². The van der Waals surface area contributed by atoms with Gasteiger partial charge in [-0.1, -0.05) is 41.4 Å². The molecule has 23 heavy (non-hydrogen) atoms. The van der Waals surface area contributed by atoms with Gasteiger partial charge in [-0.15, -0.1) is 0 Å². The van der Waals surface area contributed by atoms with Crippen LogP contribution in [0.1, 0.15) is 5.56 Å². The van der Waals surface area contributed by atoms with Gasteiger partial charge in [-0.3, -0.25) is 4.90 Å². The third-order valence-corrected chi connectivity index (χ3v) is 4.71. The van der Waals surface area contributed by atoms with E-state index in [-0.39, 0.29) is 0 Å². The lowest BCUT2D eigenvalue weighted by Gasteiger charge is -2.36. The van der Waals surface area contributed by atoms with Crippen LogP contribution in [0, 0.1) is 0 Å². The number of anilines is 2. The summed E-state index contributed by atoms with van der Waals surface area (Å²) in [5, 5.41) is 4.37. The minimum Gasteiger partial charge on any atom is -0.383 e. The molecular formula is C16H19Cl2N5. The fourth-order valence-corrected chi connectivity index (χ4v) is 3.21. The topological polar surface area (TPSA) is 44.3 Å². The van der Waals surface area contributed by atoms with E-state index in [0.29, 0.717) is 5.15 Å². The van der Waals surface area contributed by atoms with Crippen LogP contribution in [0.4, 0.5) is 11.5 Å². The van der Waals surface area contributed by atoms with Crippen molar-refractivity contribution in [2.24, 2.45) is 0 Å². The van der Waals surface area contributed by atoms with Gasteiger partial charge in [-0.2, -0.15) is 0 Å². The molecule has 3 rings (SSSR count). The summed E-state index contributed by atoms with van der Waals surface area (Å²) >= 11 is 12.4. The first-order chi connectivity index (χ1) is 11.2. The third kappa shape index (κ3) is 3.68. The molecule has 1 aliphatic rings. The number of aromatic nitrogens is 2. The van der Waals surface area contributed by atoms with Gasteiger partial charge >= 0.3 is 0 Å². The molecule has 2 aromatic rings. The van der Waals surface area contributed by atoms with Crippen molar-refractivity contribution < 1.29 is 0 Å². The normalized spacial score (nSPS) is 15.7. The van der Waals surface area contributed by atoms with Crippen LogP contribution >= 0.6 is 23.2 Å². The summed E-state index contributed by atoms with van der Waals surface area (Å²) in [6, 6.07) is 8.01. The largest absolute Gasteiger partial charge is 0.383 e. The average Bonchev–Trinajstić information content (AvgIpc) is 2.57. The van der Waals surface area contributed by atoms with Gasteiger partial charge in [0.1, 0.15) is 12.0 Å². The van der Waals surface area contributed by atoms with Crippen molar-refractivity contribution in [1.29, 1.82) is 0 Å². The molecule has 122 valence electrons. The lowest BCUT2D eigenvalue weighted by Crippen LogP contribution is -2.46. The Morgan fingerprint density at radius 1 is 1.09 bits per heavy atom. The number of hydrogen-bond acceptors (Lipinski definition) is 5. The summed E-state index contributed by atoms with van der Waals surface area (Å²) in [6.45, 7) is 4.57. The summed E-state index contributed by atoms with van der Waals surface area (Å²) < 4.78 is 0. The Balaban J connectivity index is 1.65. The Hall–Kier alpha value is -1.56. The van der Waals surface area contributed by atoms with Gasteiger partial charge in [-0.25, -0.2) is 9.97 Å². The lowest BCUT2D eigenvalue weighted by atomic mass is 10.2. The number of halogens is 2. The van der Waals surface area contributed by atoms with Crippen molar-refractivity contribution >= 4 is 34.7 Å². The molecule has 0 bridgehead atoms. The van der Waals surface area contributed by atoms with Gasteiger partial charge in [-0.05, 0) is 11.6 Å². The molecule has 0 spiro atoms. The number of nitrogens with one attached hydrogen (secondary N) is 1. The number of rotatable bonds is 4. The fraction of sp³-hybridized carbons (Fsp3) is 0.375. The zero-order chi connectivity index (χ0) is 16.2. The summed E-state index contributed by atoms with van der Waals surface area (Å²) in [4.78, 5) is 13.1. The second-order valence-electron chi connectivity index (χ2n) is 5.47. The zero-order valence-electron chi connectivity index (χ0n) is 13.0. The van der Waals surface area contributed by atoms with E-state index in [1.165, 1.54) is 11.9 Å². The minimum absolute atomic E-state index is 0.455. The maximum absolute atomic E-state index is 6.25. The molecule has 0 atom stereocenters. The highest BCUT2D eigenvalue weighted by Crippen LogP contribution is 2.29.